The fraction of sp³-hybridized carbons (Fsp3) is 0.679. The van der Waals surface area contributed by atoms with Gasteiger partial charge in [0.2, 0.25) is 11.7 Å². The third-order valence-electron chi connectivity index (χ3n) is 8.14. The van der Waals surface area contributed by atoms with E-state index in [1.165, 1.54) is 0 Å². The Kier molecular flexibility index (Phi) is 7.56. The summed E-state index contributed by atoms with van der Waals surface area (Å²) in [6, 6.07) is 4.82. The van der Waals surface area contributed by atoms with Crippen LogP contribution < -0.4 is 0 Å². The molecule has 2 saturated heterocycles. The van der Waals surface area contributed by atoms with Crippen molar-refractivity contribution in [2.75, 3.05) is 0 Å². The molecule has 6 unspecified atom stereocenters. The van der Waals surface area contributed by atoms with Crippen LogP contribution in [0.3, 0.4) is 0 Å². The minimum atomic E-state index is -1.89. The molecule has 0 bridgehead atoms. The molecule has 1 aromatic carbocycles. The number of benzene rings is 1. The van der Waals surface area contributed by atoms with Gasteiger partial charge < -0.3 is 29.2 Å². The summed E-state index contributed by atoms with van der Waals surface area (Å²) >= 11 is 0. The molecule has 37 heavy (non-hydrogen) atoms. The fourth-order valence-corrected chi connectivity index (χ4v) is 5.70. The molecule has 2 aromatic rings. The summed E-state index contributed by atoms with van der Waals surface area (Å²) in [6.07, 6.45) is 0.317. The standard InChI is InChI=1S/C28H39NO8/c1-16-7-6-11-27(5)28(34,37-27)25(33)23(18-8-9-20-19(14-18)29-21(15-30)35-20)36-22(31)10-12-26(3,4)24(32)17(2)13-16/h8-9,14,16-17,23,25,30,33-34H,6-7,10-13,15H2,1-5H3. The van der Waals surface area contributed by atoms with E-state index in [1.807, 2.05) is 20.8 Å². The predicted octanol–water partition coefficient (Wildman–Crippen LogP) is 3.96. The minimum Gasteiger partial charge on any atom is -0.454 e. The van der Waals surface area contributed by atoms with Gasteiger partial charge in [-0.2, -0.15) is 0 Å². The van der Waals surface area contributed by atoms with Crippen molar-refractivity contribution in [1.82, 2.24) is 4.98 Å². The van der Waals surface area contributed by atoms with Gasteiger partial charge in [-0.25, -0.2) is 4.98 Å². The number of esters is 1. The molecule has 2 fully saturated rings. The Morgan fingerprint density at radius 1 is 1.14 bits per heavy atom. The van der Waals surface area contributed by atoms with Crippen molar-refractivity contribution >= 4 is 22.9 Å². The molecular weight excluding hydrogens is 478 g/mol. The predicted molar refractivity (Wildman–Crippen MR) is 134 cm³/mol. The monoisotopic (exact) mass is 517 g/mol. The molecule has 1 aromatic heterocycles. The zero-order chi connectivity index (χ0) is 27.2. The number of aliphatic hydroxyl groups excluding tert-OH is 2. The molecule has 9 nitrogen and oxygen atoms in total. The number of carbonyl (C=O) groups is 2. The Balaban J connectivity index is 1.66. The fourth-order valence-electron chi connectivity index (χ4n) is 5.70. The lowest BCUT2D eigenvalue weighted by atomic mass is 9.75. The summed E-state index contributed by atoms with van der Waals surface area (Å²) in [5.74, 6) is -2.06. The van der Waals surface area contributed by atoms with Crippen LogP contribution in [0.25, 0.3) is 11.1 Å². The molecule has 0 spiro atoms. The number of rotatable bonds is 2. The maximum atomic E-state index is 13.2. The molecule has 2 aliphatic heterocycles. The van der Waals surface area contributed by atoms with Crippen molar-refractivity contribution in [3.8, 4) is 0 Å². The van der Waals surface area contributed by atoms with Crippen molar-refractivity contribution in [3.63, 3.8) is 0 Å². The van der Waals surface area contributed by atoms with Gasteiger partial charge in [-0.15, -0.1) is 0 Å². The number of cyclic esters (lactones) is 1. The highest BCUT2D eigenvalue weighted by Gasteiger charge is 2.71. The van der Waals surface area contributed by atoms with Gasteiger partial charge in [0, 0.05) is 17.8 Å². The van der Waals surface area contributed by atoms with Gasteiger partial charge >= 0.3 is 5.97 Å². The van der Waals surface area contributed by atoms with E-state index in [2.05, 4.69) is 11.9 Å². The van der Waals surface area contributed by atoms with Gasteiger partial charge in [0.25, 0.3) is 0 Å². The average molecular weight is 518 g/mol. The summed E-state index contributed by atoms with van der Waals surface area (Å²) in [5.41, 5.74) is -0.468. The van der Waals surface area contributed by atoms with Crippen LogP contribution in [0.2, 0.25) is 0 Å². The first-order chi connectivity index (χ1) is 17.3. The number of aliphatic hydroxyl groups is 3. The van der Waals surface area contributed by atoms with Gasteiger partial charge in [0.1, 0.15) is 23.5 Å². The van der Waals surface area contributed by atoms with E-state index in [0.717, 1.165) is 19.3 Å². The maximum absolute atomic E-state index is 13.2. The Morgan fingerprint density at radius 3 is 2.57 bits per heavy atom. The van der Waals surface area contributed by atoms with E-state index in [1.54, 1.807) is 25.1 Å². The van der Waals surface area contributed by atoms with Crippen molar-refractivity contribution in [3.05, 3.63) is 29.7 Å². The van der Waals surface area contributed by atoms with Crippen LogP contribution in [0.15, 0.2) is 22.6 Å². The molecule has 0 radical (unpaired) electrons. The maximum Gasteiger partial charge on any atom is 0.306 e. The van der Waals surface area contributed by atoms with Crippen LogP contribution in [-0.2, 0) is 25.7 Å². The zero-order valence-electron chi connectivity index (χ0n) is 22.3. The normalized spacial score (nSPS) is 35.7. The third kappa shape index (κ3) is 5.46. The molecule has 3 N–H and O–H groups in total. The largest absolute Gasteiger partial charge is 0.454 e. The van der Waals surface area contributed by atoms with Crippen molar-refractivity contribution in [2.45, 2.75) is 103 Å². The van der Waals surface area contributed by atoms with Gasteiger partial charge in [-0.05, 0) is 49.8 Å². The second kappa shape index (κ2) is 10.1. The molecule has 9 heteroatoms. The van der Waals surface area contributed by atoms with Crippen molar-refractivity contribution in [2.24, 2.45) is 17.3 Å². The number of hydrogen-bond acceptors (Lipinski definition) is 9. The summed E-state index contributed by atoms with van der Waals surface area (Å²) < 4.78 is 16.9. The first-order valence-electron chi connectivity index (χ1n) is 13.1. The van der Waals surface area contributed by atoms with Gasteiger partial charge in [-0.3, -0.25) is 9.59 Å². The number of oxazole rings is 1. The highest BCUT2D eigenvalue weighted by molar-refractivity contribution is 5.86. The molecule has 4 rings (SSSR count). The number of carbonyl (C=O) groups excluding carboxylic acids is 2. The van der Waals surface area contributed by atoms with Crippen molar-refractivity contribution in [1.29, 1.82) is 0 Å². The number of hydrogen-bond donors (Lipinski definition) is 3. The smallest absolute Gasteiger partial charge is 0.306 e. The number of nitrogens with zero attached hydrogens (tertiary/aromatic N) is 1. The van der Waals surface area contributed by atoms with Crippen LogP contribution in [0, 0.1) is 17.3 Å². The van der Waals surface area contributed by atoms with Crippen LogP contribution in [0.4, 0.5) is 0 Å². The van der Waals surface area contributed by atoms with Gasteiger partial charge in [0.05, 0.1) is 0 Å². The molecule has 0 saturated carbocycles. The SMILES string of the molecule is CC1CCCC2(C)OC2(O)C(O)C(c2ccc3oc(CO)nc3c2)OC(=O)CCC(C)(C)C(=O)C(C)C1. The van der Waals surface area contributed by atoms with Gasteiger partial charge in [0.15, 0.2) is 17.8 Å². The first kappa shape index (κ1) is 27.7. The van der Waals surface area contributed by atoms with Crippen LogP contribution >= 0.6 is 0 Å². The Morgan fingerprint density at radius 2 is 1.86 bits per heavy atom. The van der Waals surface area contributed by atoms with E-state index in [0.29, 0.717) is 35.4 Å². The topological polar surface area (TPSA) is 143 Å². The molecule has 2 aliphatic rings. The number of ketones is 1. The molecule has 6 atom stereocenters. The Bertz CT molecular complexity index is 1160. The summed E-state index contributed by atoms with van der Waals surface area (Å²) in [4.78, 5) is 30.4. The van der Waals surface area contributed by atoms with Crippen LogP contribution in [-0.4, -0.2) is 49.5 Å². The summed E-state index contributed by atoms with van der Waals surface area (Å²) in [5, 5.41) is 32.0. The van der Waals surface area contributed by atoms with E-state index in [4.69, 9.17) is 13.9 Å². The van der Waals surface area contributed by atoms with E-state index < -0.39 is 35.0 Å². The lowest BCUT2D eigenvalue weighted by Crippen LogP contribution is -2.42. The Labute approximate surface area is 217 Å². The first-order valence-corrected chi connectivity index (χ1v) is 13.1. The van der Waals surface area contributed by atoms with E-state index in [9.17, 15) is 24.9 Å². The van der Waals surface area contributed by atoms with Crippen molar-refractivity contribution < 1.29 is 38.8 Å². The molecule has 204 valence electrons. The zero-order valence-corrected chi connectivity index (χ0v) is 22.3. The minimum absolute atomic E-state index is 0.0261. The lowest BCUT2D eigenvalue weighted by molar-refractivity contribution is -0.171. The quantitative estimate of drug-likeness (QED) is 0.398. The van der Waals surface area contributed by atoms with Gasteiger partial charge in [-0.1, -0.05) is 46.6 Å². The summed E-state index contributed by atoms with van der Waals surface area (Å²) in [7, 11) is 0. The molecule has 0 amide bonds. The number of epoxide rings is 1. The number of Topliss-reactive ketones (excluding diaryl/α,β-unsaturated/α-hetero) is 1. The van der Waals surface area contributed by atoms with E-state index >= 15 is 0 Å². The number of fused-ring (bicyclic) bond motifs is 2. The van der Waals surface area contributed by atoms with E-state index in [-0.39, 0.29) is 30.6 Å². The van der Waals surface area contributed by atoms with Crippen LogP contribution in [0.5, 0.6) is 0 Å². The second-order valence-electron chi connectivity index (χ2n) is 11.8. The van der Waals surface area contributed by atoms with Crippen LogP contribution in [0.1, 0.15) is 90.7 Å². The second-order valence-corrected chi connectivity index (χ2v) is 11.8. The molecule has 3 heterocycles. The number of ether oxygens (including phenoxy) is 2. The highest BCUT2D eigenvalue weighted by Crippen LogP contribution is 2.54. The number of aromatic nitrogens is 1. The highest BCUT2D eigenvalue weighted by atomic mass is 16.8. The summed E-state index contributed by atoms with van der Waals surface area (Å²) in [6.45, 7) is 9.13. The molecular formula is C28H39NO8. The average Bonchev–Trinajstić information content (AvgIpc) is 3.19. The lowest BCUT2D eigenvalue weighted by Gasteiger charge is -2.30. The molecule has 0 aliphatic carbocycles. The Hall–Kier alpha value is -2.33. The third-order valence-corrected chi connectivity index (χ3v) is 8.14.